The number of benzene rings is 3. The van der Waals surface area contributed by atoms with Crippen molar-refractivity contribution < 1.29 is 26.4 Å². The smallest absolute Gasteiger partial charge is 0.255 e. The highest BCUT2D eigenvalue weighted by Gasteiger charge is 2.27. The minimum Gasteiger partial charge on any atom is -0.455 e. The lowest BCUT2D eigenvalue weighted by Gasteiger charge is -2.13. The van der Waals surface area contributed by atoms with Crippen LogP contribution in [0.1, 0.15) is 22.8 Å². The van der Waals surface area contributed by atoms with E-state index >= 15 is 0 Å². The lowest BCUT2D eigenvalue weighted by molar-refractivity contribution is 0.0964. The Kier molecular flexibility index (Phi) is 6.10. The molecule has 1 aliphatic rings. The van der Waals surface area contributed by atoms with Crippen molar-refractivity contribution in [1.29, 1.82) is 0 Å². The van der Waals surface area contributed by atoms with Crippen molar-refractivity contribution >= 4 is 43.5 Å². The molecule has 0 fully saturated rings. The number of pyridine rings is 1. The summed E-state index contributed by atoms with van der Waals surface area (Å²) in [4.78, 5) is 18.1. The Bertz CT molecular complexity index is 2220. The largest absolute Gasteiger partial charge is 0.455 e. The van der Waals surface area contributed by atoms with Crippen LogP contribution in [0.5, 0.6) is 0 Å². The van der Waals surface area contributed by atoms with Crippen LogP contribution in [-0.2, 0) is 16.6 Å². The maximum Gasteiger partial charge on any atom is 0.255 e. The van der Waals surface area contributed by atoms with Gasteiger partial charge in [-0.3, -0.25) is 9.52 Å². The number of hydrogen-bond acceptors (Lipinski definition) is 5. The number of carbonyl (C=O) groups is 1. The van der Waals surface area contributed by atoms with Crippen LogP contribution in [-0.4, -0.2) is 36.7 Å². The highest BCUT2D eigenvalue weighted by Crippen LogP contribution is 2.42. The topological polar surface area (TPSA) is 106 Å². The summed E-state index contributed by atoms with van der Waals surface area (Å²) in [5, 5.41) is 3.55. The van der Waals surface area contributed by atoms with E-state index < -0.39 is 21.7 Å². The summed E-state index contributed by atoms with van der Waals surface area (Å²) >= 11 is 0. The Morgan fingerprint density at radius 3 is 2.56 bits per heavy atom. The van der Waals surface area contributed by atoms with Crippen molar-refractivity contribution in [2.24, 2.45) is 0 Å². The molecule has 0 atom stereocenters. The maximum absolute atomic E-state index is 14.6. The first-order valence-corrected chi connectivity index (χ1v) is 15.2. The lowest BCUT2D eigenvalue weighted by atomic mass is 10.0. The van der Waals surface area contributed by atoms with Crippen molar-refractivity contribution in [1.82, 2.24) is 14.9 Å². The van der Waals surface area contributed by atoms with E-state index in [9.17, 15) is 22.0 Å². The molecule has 0 unspecified atom stereocenters. The molecule has 3 aromatic heterocycles. The first-order valence-electron chi connectivity index (χ1n) is 13.5. The minimum atomic E-state index is -3.72. The zero-order valence-corrected chi connectivity index (χ0v) is 23.9. The van der Waals surface area contributed by atoms with E-state index in [2.05, 4.69) is 10.0 Å². The molecule has 4 heterocycles. The Morgan fingerprint density at radius 2 is 1.81 bits per heavy atom. The molecular formula is C32H24F2N4O4S. The number of fused-ring (bicyclic) bond motifs is 6. The molecule has 7 rings (SSSR count). The summed E-state index contributed by atoms with van der Waals surface area (Å²) in [7, 11) is -2.23. The van der Waals surface area contributed by atoms with Crippen LogP contribution in [0.15, 0.2) is 77.2 Å². The van der Waals surface area contributed by atoms with E-state index in [0.717, 1.165) is 16.8 Å². The van der Waals surface area contributed by atoms with Gasteiger partial charge in [0.25, 0.3) is 5.91 Å². The van der Waals surface area contributed by atoms with Gasteiger partial charge in [0.15, 0.2) is 0 Å². The third kappa shape index (κ3) is 4.35. The van der Waals surface area contributed by atoms with Gasteiger partial charge in [-0.15, -0.1) is 0 Å². The zero-order chi connectivity index (χ0) is 30.0. The van der Waals surface area contributed by atoms with Crippen LogP contribution in [0.25, 0.3) is 55.8 Å². The number of amides is 1. The molecule has 1 aliphatic heterocycles. The van der Waals surface area contributed by atoms with Crippen LogP contribution in [0.4, 0.5) is 14.5 Å². The number of carbonyl (C=O) groups excluding carboxylic acids is 1. The molecule has 6 aromatic rings. The summed E-state index contributed by atoms with van der Waals surface area (Å²) in [6.07, 6.45) is 0. The number of furan rings is 1. The quantitative estimate of drug-likeness (QED) is 0.226. The van der Waals surface area contributed by atoms with Gasteiger partial charge in [-0.05, 0) is 67.1 Å². The van der Waals surface area contributed by atoms with Crippen molar-refractivity contribution in [3.8, 4) is 34.0 Å². The average Bonchev–Trinajstić information content (AvgIpc) is 3.67. The second-order valence-corrected chi connectivity index (χ2v) is 12.3. The monoisotopic (exact) mass is 598 g/mol. The molecule has 8 nitrogen and oxygen atoms in total. The molecule has 11 heteroatoms. The zero-order valence-electron chi connectivity index (χ0n) is 23.0. The van der Waals surface area contributed by atoms with Crippen molar-refractivity contribution in [3.63, 3.8) is 0 Å². The standard InChI is InChI=1S/C32H24F2N4O4S/c1-3-43(40,41)37-25-15-28-22(29(32(39)35-2)31(42-28)17-7-10-19(33)11-8-17)13-21(25)24-12-9-18-16-38-26-6-4-5-23(34)20(26)14-27(38)30(18)36-24/h4-15,37H,3,16H2,1-2H3,(H,35,39). The molecule has 0 saturated heterocycles. The van der Waals surface area contributed by atoms with Crippen LogP contribution in [0.2, 0.25) is 0 Å². The van der Waals surface area contributed by atoms with Gasteiger partial charge in [0, 0.05) is 35.0 Å². The highest BCUT2D eigenvalue weighted by atomic mass is 32.2. The lowest BCUT2D eigenvalue weighted by Crippen LogP contribution is -2.18. The Balaban J connectivity index is 1.46. The second-order valence-electron chi connectivity index (χ2n) is 10.3. The highest BCUT2D eigenvalue weighted by molar-refractivity contribution is 7.92. The molecule has 216 valence electrons. The van der Waals surface area contributed by atoms with Crippen LogP contribution >= 0.6 is 0 Å². The third-order valence-electron chi connectivity index (χ3n) is 7.75. The van der Waals surface area contributed by atoms with Crippen molar-refractivity contribution in [3.05, 3.63) is 95.6 Å². The molecule has 43 heavy (non-hydrogen) atoms. The van der Waals surface area contributed by atoms with Crippen molar-refractivity contribution in [2.45, 2.75) is 13.5 Å². The van der Waals surface area contributed by atoms with Gasteiger partial charge in [0.1, 0.15) is 23.0 Å². The molecule has 1 amide bonds. The minimum absolute atomic E-state index is 0.170. The van der Waals surface area contributed by atoms with E-state index in [1.807, 2.05) is 16.7 Å². The molecule has 0 bridgehead atoms. The van der Waals surface area contributed by atoms with Gasteiger partial charge in [0.2, 0.25) is 10.0 Å². The fraction of sp³-hybridized carbons (Fsp3) is 0.125. The number of hydrogen-bond donors (Lipinski definition) is 2. The van der Waals surface area contributed by atoms with E-state index in [1.54, 1.807) is 24.3 Å². The first kappa shape index (κ1) is 26.8. The SMILES string of the molecule is CCS(=O)(=O)Nc1cc2oc(-c3ccc(F)cc3)c(C(=O)NC)c2cc1-c1ccc2c(n1)-c1cc3c(F)cccc3n1C2. The van der Waals surface area contributed by atoms with Gasteiger partial charge < -0.3 is 14.3 Å². The predicted octanol–water partition coefficient (Wildman–Crippen LogP) is 6.54. The molecule has 0 spiro atoms. The normalized spacial score (nSPS) is 12.5. The van der Waals surface area contributed by atoms with Gasteiger partial charge in [-0.1, -0.05) is 12.1 Å². The van der Waals surface area contributed by atoms with E-state index in [1.165, 1.54) is 50.4 Å². The second kappa shape index (κ2) is 9.77. The number of nitrogens with one attached hydrogen (secondary N) is 2. The summed E-state index contributed by atoms with van der Waals surface area (Å²) in [6.45, 7) is 2.04. The molecular weight excluding hydrogens is 574 g/mol. The number of halogens is 2. The Morgan fingerprint density at radius 1 is 1.02 bits per heavy atom. The van der Waals surface area contributed by atoms with Gasteiger partial charge in [-0.2, -0.15) is 0 Å². The summed E-state index contributed by atoms with van der Waals surface area (Å²) in [5.74, 6) is -1.15. The van der Waals surface area contributed by atoms with Gasteiger partial charge in [0.05, 0.1) is 46.1 Å². The number of aromatic nitrogens is 2. The molecule has 0 aliphatic carbocycles. The number of sulfonamides is 1. The predicted molar refractivity (Wildman–Crippen MR) is 161 cm³/mol. The molecule has 0 saturated carbocycles. The first-order chi connectivity index (χ1) is 20.7. The van der Waals surface area contributed by atoms with Gasteiger partial charge >= 0.3 is 0 Å². The summed E-state index contributed by atoms with van der Waals surface area (Å²) in [6, 6.07) is 19.2. The van der Waals surface area contributed by atoms with E-state index in [0.29, 0.717) is 39.8 Å². The summed E-state index contributed by atoms with van der Waals surface area (Å²) in [5.41, 5.74) is 5.14. The van der Waals surface area contributed by atoms with Gasteiger partial charge in [-0.25, -0.2) is 22.2 Å². The van der Waals surface area contributed by atoms with Crippen LogP contribution in [0, 0.1) is 11.6 Å². The number of nitrogens with zero attached hydrogens (tertiary/aromatic N) is 2. The van der Waals surface area contributed by atoms with Crippen LogP contribution < -0.4 is 10.0 Å². The summed E-state index contributed by atoms with van der Waals surface area (Å²) < 4.78 is 64.5. The maximum atomic E-state index is 14.6. The Hall–Kier alpha value is -5.03. The fourth-order valence-electron chi connectivity index (χ4n) is 5.61. The number of anilines is 1. The third-order valence-corrected chi connectivity index (χ3v) is 9.04. The van der Waals surface area contributed by atoms with E-state index in [-0.39, 0.29) is 34.2 Å². The van der Waals surface area contributed by atoms with Crippen LogP contribution in [0.3, 0.4) is 0 Å². The van der Waals surface area contributed by atoms with E-state index in [4.69, 9.17) is 9.40 Å². The number of rotatable bonds is 6. The Labute approximate surface area is 245 Å². The average molecular weight is 599 g/mol. The van der Waals surface area contributed by atoms with Crippen molar-refractivity contribution in [2.75, 3.05) is 17.5 Å². The fourth-order valence-corrected chi connectivity index (χ4v) is 6.25. The molecule has 2 N–H and O–H groups in total. The molecule has 0 radical (unpaired) electrons. The molecule has 3 aromatic carbocycles.